The molecular formula is C12H19N3OS2. The van der Waals surface area contributed by atoms with Crippen molar-refractivity contribution in [1.29, 1.82) is 0 Å². The molecule has 18 heavy (non-hydrogen) atoms. The highest BCUT2D eigenvalue weighted by Gasteiger charge is 2.17. The van der Waals surface area contributed by atoms with Crippen LogP contribution in [0.15, 0.2) is 22.7 Å². The quantitative estimate of drug-likeness (QED) is 0.783. The summed E-state index contributed by atoms with van der Waals surface area (Å²) in [7, 11) is 1.16. The van der Waals surface area contributed by atoms with E-state index < -0.39 is 9.73 Å². The topological polar surface area (TPSA) is 45.6 Å². The molecule has 0 aromatic carbocycles. The summed E-state index contributed by atoms with van der Waals surface area (Å²) in [5, 5.41) is 0.151. The number of hydrogen-bond donors (Lipinski definition) is 0. The van der Waals surface area contributed by atoms with E-state index in [9.17, 15) is 4.21 Å². The van der Waals surface area contributed by atoms with Crippen molar-refractivity contribution >= 4 is 27.1 Å². The Labute approximate surface area is 115 Å². The van der Waals surface area contributed by atoms with E-state index in [1.165, 1.54) is 0 Å². The van der Waals surface area contributed by atoms with Crippen LogP contribution in [0.25, 0.3) is 0 Å². The summed E-state index contributed by atoms with van der Waals surface area (Å²) in [4.78, 5) is 5.90. The molecule has 6 heteroatoms. The van der Waals surface area contributed by atoms with Crippen molar-refractivity contribution < 1.29 is 4.21 Å². The van der Waals surface area contributed by atoms with Crippen molar-refractivity contribution in [3.63, 3.8) is 0 Å². The fourth-order valence-corrected chi connectivity index (χ4v) is 3.01. The van der Waals surface area contributed by atoms with E-state index in [4.69, 9.17) is 12.2 Å². The van der Waals surface area contributed by atoms with Crippen LogP contribution in [0.3, 0.4) is 0 Å². The standard InChI is InChI=1S/C12H19N3OS2/c1-9-6-7-11(8-13-9)10(2)18(5,16)14-12(17)15(3)4/h6-8,10H,1-5H3. The Kier molecular flexibility index (Phi) is 4.81. The predicted molar refractivity (Wildman–Crippen MR) is 80.2 cm³/mol. The minimum absolute atomic E-state index is 0.205. The van der Waals surface area contributed by atoms with E-state index in [1.807, 2.05) is 26.0 Å². The molecule has 1 aromatic heterocycles. The number of pyridine rings is 1. The summed E-state index contributed by atoms with van der Waals surface area (Å²) in [5.74, 6) is 0. The average molecular weight is 285 g/mol. The first-order valence-electron chi connectivity index (χ1n) is 5.59. The van der Waals surface area contributed by atoms with Gasteiger partial charge in [0.15, 0.2) is 0 Å². The summed E-state index contributed by atoms with van der Waals surface area (Å²) < 4.78 is 16.7. The SMILES string of the molecule is Cc1ccc(C(C)S(C)(=O)=NC(=S)N(C)C)cn1. The van der Waals surface area contributed by atoms with Crippen molar-refractivity contribution in [3.8, 4) is 0 Å². The molecule has 1 rings (SSSR count). The van der Waals surface area contributed by atoms with Crippen molar-refractivity contribution in [2.75, 3.05) is 20.4 Å². The predicted octanol–water partition coefficient (Wildman–Crippen LogP) is 2.40. The van der Waals surface area contributed by atoms with Crippen LogP contribution >= 0.6 is 12.2 Å². The van der Waals surface area contributed by atoms with Gasteiger partial charge < -0.3 is 4.90 Å². The van der Waals surface area contributed by atoms with Crippen molar-refractivity contribution in [1.82, 2.24) is 9.88 Å². The molecule has 0 fully saturated rings. The van der Waals surface area contributed by atoms with Gasteiger partial charge in [0.05, 0.1) is 15.0 Å². The van der Waals surface area contributed by atoms with Gasteiger partial charge in [-0.25, -0.2) is 4.21 Å². The van der Waals surface area contributed by atoms with Gasteiger partial charge in [0, 0.05) is 32.2 Å². The summed E-state index contributed by atoms with van der Waals surface area (Å²) >= 11 is 5.08. The van der Waals surface area contributed by atoms with Gasteiger partial charge in [0.25, 0.3) is 0 Å². The molecule has 1 heterocycles. The van der Waals surface area contributed by atoms with Gasteiger partial charge in [-0.05, 0) is 37.7 Å². The van der Waals surface area contributed by atoms with Crippen LogP contribution in [-0.2, 0) is 9.73 Å². The zero-order valence-corrected chi connectivity index (χ0v) is 13.0. The number of thiocarbonyl (C=S) groups is 1. The van der Waals surface area contributed by atoms with Crippen molar-refractivity contribution in [3.05, 3.63) is 29.6 Å². The minimum Gasteiger partial charge on any atom is -0.353 e. The van der Waals surface area contributed by atoms with Gasteiger partial charge in [0.1, 0.15) is 0 Å². The van der Waals surface area contributed by atoms with Gasteiger partial charge in [-0.3, -0.25) is 4.98 Å². The van der Waals surface area contributed by atoms with Crippen LogP contribution in [0.4, 0.5) is 0 Å². The third kappa shape index (κ3) is 3.74. The molecule has 2 unspecified atom stereocenters. The van der Waals surface area contributed by atoms with Gasteiger partial charge in [-0.15, -0.1) is 0 Å². The van der Waals surface area contributed by atoms with Crippen molar-refractivity contribution in [2.24, 2.45) is 4.36 Å². The zero-order chi connectivity index (χ0) is 13.9. The van der Waals surface area contributed by atoms with Crippen LogP contribution < -0.4 is 0 Å². The fraction of sp³-hybridized carbons (Fsp3) is 0.500. The number of aromatic nitrogens is 1. The third-order valence-corrected chi connectivity index (χ3v) is 5.39. The van der Waals surface area contributed by atoms with Gasteiger partial charge in [-0.2, -0.15) is 4.36 Å². The van der Waals surface area contributed by atoms with E-state index in [0.29, 0.717) is 5.11 Å². The normalized spacial score (nSPS) is 15.6. The Balaban J connectivity index is 3.09. The van der Waals surface area contributed by atoms with Crippen LogP contribution in [0.5, 0.6) is 0 Å². The molecule has 0 N–H and O–H groups in total. The Morgan fingerprint density at radius 3 is 2.56 bits per heavy atom. The second kappa shape index (κ2) is 5.75. The zero-order valence-electron chi connectivity index (χ0n) is 11.4. The molecule has 0 radical (unpaired) electrons. The third-order valence-electron chi connectivity index (χ3n) is 2.70. The van der Waals surface area contributed by atoms with Crippen LogP contribution in [0.2, 0.25) is 0 Å². The highest BCUT2D eigenvalue weighted by atomic mass is 32.2. The molecular weight excluding hydrogens is 266 g/mol. The molecule has 0 spiro atoms. The second-order valence-electron chi connectivity index (χ2n) is 4.50. The molecule has 0 aliphatic rings. The lowest BCUT2D eigenvalue weighted by Crippen LogP contribution is -2.20. The Hall–Kier alpha value is -1.01. The summed E-state index contributed by atoms with van der Waals surface area (Å²) in [5.41, 5.74) is 1.85. The van der Waals surface area contributed by atoms with Crippen molar-refractivity contribution in [2.45, 2.75) is 19.1 Å². The molecule has 100 valence electrons. The first-order chi connectivity index (χ1) is 8.24. The first kappa shape index (κ1) is 15.0. The Morgan fingerprint density at radius 1 is 1.50 bits per heavy atom. The Bertz CT molecular complexity index is 543. The van der Waals surface area contributed by atoms with Gasteiger partial charge in [0.2, 0.25) is 5.11 Å². The maximum Gasteiger partial charge on any atom is 0.203 e. The molecule has 0 bridgehead atoms. The Morgan fingerprint density at radius 2 is 2.11 bits per heavy atom. The summed E-state index contributed by atoms with van der Waals surface area (Å²) in [6.07, 6.45) is 3.38. The lowest BCUT2D eigenvalue weighted by Gasteiger charge is -2.16. The highest BCUT2D eigenvalue weighted by Crippen LogP contribution is 2.22. The van der Waals surface area contributed by atoms with E-state index in [2.05, 4.69) is 9.35 Å². The molecule has 2 atom stereocenters. The summed E-state index contributed by atoms with van der Waals surface area (Å²) in [6.45, 7) is 3.81. The lowest BCUT2D eigenvalue weighted by atomic mass is 10.2. The minimum atomic E-state index is -2.42. The molecule has 4 nitrogen and oxygen atoms in total. The molecule has 0 aliphatic heterocycles. The van der Waals surface area contributed by atoms with Gasteiger partial charge in [-0.1, -0.05) is 6.07 Å². The first-order valence-corrected chi connectivity index (χ1v) is 7.98. The van der Waals surface area contributed by atoms with Crippen LogP contribution in [0, 0.1) is 6.92 Å². The summed E-state index contributed by atoms with van der Waals surface area (Å²) in [6, 6.07) is 3.84. The van der Waals surface area contributed by atoms with E-state index in [0.717, 1.165) is 11.3 Å². The number of hydrogen-bond acceptors (Lipinski definition) is 3. The highest BCUT2D eigenvalue weighted by molar-refractivity contribution is 7.94. The van der Waals surface area contributed by atoms with E-state index in [-0.39, 0.29) is 5.25 Å². The maximum atomic E-state index is 12.6. The maximum absolute atomic E-state index is 12.6. The van der Waals surface area contributed by atoms with Crippen LogP contribution in [-0.4, -0.2) is 39.6 Å². The van der Waals surface area contributed by atoms with Crippen LogP contribution in [0.1, 0.15) is 23.4 Å². The smallest absolute Gasteiger partial charge is 0.203 e. The molecule has 0 saturated carbocycles. The van der Waals surface area contributed by atoms with E-state index >= 15 is 0 Å². The largest absolute Gasteiger partial charge is 0.353 e. The number of nitrogens with zero attached hydrogens (tertiary/aromatic N) is 3. The average Bonchev–Trinajstić information content (AvgIpc) is 2.28. The molecule has 0 amide bonds. The van der Waals surface area contributed by atoms with E-state index in [1.54, 1.807) is 31.4 Å². The fourth-order valence-electron chi connectivity index (χ4n) is 1.29. The number of aryl methyl sites for hydroxylation is 1. The second-order valence-corrected chi connectivity index (χ2v) is 7.48. The monoisotopic (exact) mass is 285 g/mol. The number of rotatable bonds is 2. The molecule has 1 aromatic rings. The molecule has 0 aliphatic carbocycles. The lowest BCUT2D eigenvalue weighted by molar-refractivity contribution is 0.626. The van der Waals surface area contributed by atoms with Gasteiger partial charge >= 0.3 is 0 Å². The molecule has 0 saturated heterocycles.